The van der Waals surface area contributed by atoms with Crippen molar-refractivity contribution in [3.63, 3.8) is 0 Å². The Kier molecular flexibility index (Phi) is 10.4. The molecular formula is C28H31BrClN3O4S. The van der Waals surface area contributed by atoms with Crippen molar-refractivity contribution in [1.82, 2.24) is 10.2 Å². The predicted molar refractivity (Wildman–Crippen MR) is 155 cm³/mol. The number of hydrogen-bond donors (Lipinski definition) is 1. The molecule has 0 aliphatic heterocycles. The van der Waals surface area contributed by atoms with E-state index in [0.29, 0.717) is 11.6 Å². The van der Waals surface area contributed by atoms with Crippen LogP contribution in [0.1, 0.15) is 31.4 Å². The van der Waals surface area contributed by atoms with Crippen LogP contribution >= 0.6 is 27.5 Å². The number of rotatable bonds is 11. The van der Waals surface area contributed by atoms with Crippen LogP contribution in [0.2, 0.25) is 5.02 Å². The number of halogens is 2. The molecule has 0 spiro atoms. The minimum atomic E-state index is -4.13. The minimum Gasteiger partial charge on any atom is -0.354 e. The quantitative estimate of drug-likeness (QED) is 0.305. The Balaban J connectivity index is 2.02. The molecule has 0 radical (unpaired) electrons. The molecule has 0 aliphatic rings. The van der Waals surface area contributed by atoms with Gasteiger partial charge in [-0.15, -0.1) is 0 Å². The van der Waals surface area contributed by atoms with Gasteiger partial charge in [-0.05, 0) is 67.8 Å². The fraction of sp³-hybridized carbons (Fsp3) is 0.286. The number of amides is 2. The molecule has 0 aliphatic carbocycles. The van der Waals surface area contributed by atoms with E-state index in [0.717, 1.165) is 26.3 Å². The Hall–Kier alpha value is -2.88. The van der Waals surface area contributed by atoms with Crippen molar-refractivity contribution >= 4 is 55.1 Å². The molecule has 0 aromatic heterocycles. The highest BCUT2D eigenvalue weighted by molar-refractivity contribution is 9.10. The summed E-state index contributed by atoms with van der Waals surface area (Å²) in [5, 5.41) is 3.20. The third-order valence-corrected chi connectivity index (χ3v) is 8.76. The summed E-state index contributed by atoms with van der Waals surface area (Å²) < 4.78 is 29.4. The van der Waals surface area contributed by atoms with E-state index in [9.17, 15) is 18.0 Å². The highest BCUT2D eigenvalue weighted by atomic mass is 79.9. The van der Waals surface area contributed by atoms with Gasteiger partial charge in [-0.3, -0.25) is 13.9 Å². The molecule has 1 unspecified atom stereocenters. The van der Waals surface area contributed by atoms with E-state index in [1.165, 1.54) is 23.1 Å². The Morgan fingerprint density at radius 2 is 1.68 bits per heavy atom. The van der Waals surface area contributed by atoms with Crippen molar-refractivity contribution in [3.05, 3.63) is 93.4 Å². The molecule has 10 heteroatoms. The number of aryl methyl sites for hydroxylation is 1. The number of carbonyl (C=O) groups excluding carboxylic acids is 2. The average molecular weight is 621 g/mol. The smallest absolute Gasteiger partial charge is 0.264 e. The van der Waals surface area contributed by atoms with Gasteiger partial charge in [0.15, 0.2) is 0 Å². The van der Waals surface area contributed by atoms with E-state index in [1.807, 2.05) is 38.1 Å². The van der Waals surface area contributed by atoms with Gasteiger partial charge in [0.05, 0.1) is 10.6 Å². The number of hydrogen-bond acceptors (Lipinski definition) is 4. The fourth-order valence-corrected chi connectivity index (χ4v) is 5.62. The van der Waals surface area contributed by atoms with Crippen LogP contribution in [0, 0.1) is 6.92 Å². The summed E-state index contributed by atoms with van der Waals surface area (Å²) in [6.45, 7) is 5.47. The summed E-state index contributed by atoms with van der Waals surface area (Å²) >= 11 is 9.75. The van der Waals surface area contributed by atoms with Gasteiger partial charge in [0.1, 0.15) is 12.6 Å². The normalized spacial score (nSPS) is 12.0. The lowest BCUT2D eigenvalue weighted by Crippen LogP contribution is -2.51. The van der Waals surface area contributed by atoms with Crippen molar-refractivity contribution in [3.8, 4) is 0 Å². The van der Waals surface area contributed by atoms with Crippen LogP contribution in [0.5, 0.6) is 0 Å². The highest BCUT2D eigenvalue weighted by Gasteiger charge is 2.32. The number of benzene rings is 3. The zero-order valence-electron chi connectivity index (χ0n) is 21.5. The predicted octanol–water partition coefficient (Wildman–Crippen LogP) is 5.55. The van der Waals surface area contributed by atoms with E-state index in [4.69, 9.17) is 11.6 Å². The highest BCUT2D eigenvalue weighted by Crippen LogP contribution is 2.28. The number of nitrogens with one attached hydrogen (secondary N) is 1. The van der Waals surface area contributed by atoms with Crippen molar-refractivity contribution in [2.75, 3.05) is 17.4 Å². The van der Waals surface area contributed by atoms with Gasteiger partial charge < -0.3 is 10.2 Å². The summed E-state index contributed by atoms with van der Waals surface area (Å²) in [5.74, 6) is -0.837. The van der Waals surface area contributed by atoms with Crippen LogP contribution in [-0.2, 0) is 26.2 Å². The first-order valence-electron chi connectivity index (χ1n) is 12.2. The number of sulfonamides is 1. The van der Waals surface area contributed by atoms with E-state index < -0.39 is 28.5 Å². The van der Waals surface area contributed by atoms with Crippen LogP contribution in [0.4, 0.5) is 5.69 Å². The zero-order chi connectivity index (χ0) is 27.9. The topological polar surface area (TPSA) is 86.8 Å². The summed E-state index contributed by atoms with van der Waals surface area (Å²) in [4.78, 5) is 28.2. The second-order valence-corrected chi connectivity index (χ2v) is 12.1. The number of carbonyl (C=O) groups is 2. The van der Waals surface area contributed by atoms with Gasteiger partial charge in [0, 0.05) is 22.6 Å². The lowest BCUT2D eigenvalue weighted by molar-refractivity contribution is -0.139. The van der Waals surface area contributed by atoms with Gasteiger partial charge in [0.2, 0.25) is 11.8 Å². The molecule has 3 aromatic carbocycles. The lowest BCUT2D eigenvalue weighted by atomic mass is 10.1. The van der Waals surface area contributed by atoms with E-state index >= 15 is 0 Å². The third-order valence-electron chi connectivity index (χ3n) is 6.04. The van der Waals surface area contributed by atoms with Gasteiger partial charge in [0.25, 0.3) is 10.0 Å². The fourth-order valence-electron chi connectivity index (χ4n) is 3.75. The first-order chi connectivity index (χ1) is 18.0. The van der Waals surface area contributed by atoms with Gasteiger partial charge >= 0.3 is 0 Å². The molecule has 0 bridgehead atoms. The molecule has 0 saturated carbocycles. The van der Waals surface area contributed by atoms with Crippen LogP contribution < -0.4 is 9.62 Å². The Labute approximate surface area is 238 Å². The van der Waals surface area contributed by atoms with Crippen LogP contribution in [-0.4, -0.2) is 44.3 Å². The molecule has 3 aromatic rings. The van der Waals surface area contributed by atoms with Crippen molar-refractivity contribution in [2.45, 2.75) is 44.7 Å². The zero-order valence-corrected chi connectivity index (χ0v) is 24.7. The SMILES string of the molecule is CCCNC(=O)C(C)N(Cc1ccc(Br)cc1)C(=O)CN(c1ccc(C)c(Cl)c1)S(=O)(=O)c1ccccc1. The van der Waals surface area contributed by atoms with Crippen molar-refractivity contribution in [1.29, 1.82) is 0 Å². The molecule has 1 N–H and O–H groups in total. The Morgan fingerprint density at radius 3 is 2.29 bits per heavy atom. The van der Waals surface area contributed by atoms with E-state index in [-0.39, 0.29) is 23.0 Å². The first-order valence-corrected chi connectivity index (χ1v) is 14.8. The van der Waals surface area contributed by atoms with Crippen LogP contribution in [0.25, 0.3) is 0 Å². The number of nitrogens with zero attached hydrogens (tertiary/aromatic N) is 2. The molecule has 3 rings (SSSR count). The second-order valence-electron chi connectivity index (χ2n) is 8.87. The monoisotopic (exact) mass is 619 g/mol. The third kappa shape index (κ3) is 7.36. The molecule has 0 heterocycles. The Morgan fingerprint density at radius 1 is 1.03 bits per heavy atom. The largest absolute Gasteiger partial charge is 0.354 e. The summed E-state index contributed by atoms with van der Waals surface area (Å²) in [6.07, 6.45) is 0.746. The number of anilines is 1. The second kappa shape index (κ2) is 13.3. The maximum Gasteiger partial charge on any atom is 0.264 e. The van der Waals surface area contributed by atoms with Gasteiger partial charge in [-0.25, -0.2) is 8.42 Å². The standard InChI is InChI=1S/C28H31BrClN3O4S/c1-4-16-31-28(35)21(3)32(18-22-11-13-23(29)14-12-22)27(34)19-33(24-15-10-20(2)26(30)17-24)38(36,37)25-8-6-5-7-9-25/h5-15,17,21H,4,16,18-19H2,1-3H3,(H,31,35). The molecule has 38 heavy (non-hydrogen) atoms. The molecule has 202 valence electrons. The van der Waals surface area contributed by atoms with Crippen molar-refractivity contribution < 1.29 is 18.0 Å². The average Bonchev–Trinajstić information content (AvgIpc) is 2.91. The van der Waals surface area contributed by atoms with E-state index in [2.05, 4.69) is 21.2 Å². The Bertz CT molecular complexity index is 1370. The molecular weight excluding hydrogens is 590 g/mol. The molecule has 0 saturated heterocycles. The van der Waals surface area contributed by atoms with Crippen LogP contribution in [0.3, 0.4) is 0 Å². The van der Waals surface area contributed by atoms with E-state index in [1.54, 1.807) is 37.3 Å². The molecule has 7 nitrogen and oxygen atoms in total. The first kappa shape index (κ1) is 29.7. The maximum atomic E-state index is 13.8. The lowest BCUT2D eigenvalue weighted by Gasteiger charge is -2.32. The molecule has 2 amide bonds. The van der Waals surface area contributed by atoms with Crippen molar-refractivity contribution in [2.24, 2.45) is 0 Å². The van der Waals surface area contributed by atoms with Gasteiger partial charge in [-0.1, -0.05) is 70.9 Å². The van der Waals surface area contributed by atoms with Crippen LogP contribution in [0.15, 0.2) is 82.2 Å². The molecule has 1 atom stereocenters. The summed E-state index contributed by atoms with van der Waals surface area (Å²) in [5.41, 5.74) is 1.83. The molecule has 0 fully saturated rings. The maximum absolute atomic E-state index is 13.8. The van der Waals surface area contributed by atoms with Gasteiger partial charge in [-0.2, -0.15) is 0 Å². The summed E-state index contributed by atoms with van der Waals surface area (Å²) in [7, 11) is -4.13. The minimum absolute atomic E-state index is 0.0395. The summed E-state index contributed by atoms with van der Waals surface area (Å²) in [6, 6.07) is 19.3.